The van der Waals surface area contributed by atoms with Crippen LogP contribution in [-0.4, -0.2) is 12.1 Å². The number of alkyl carbamates (subject to hydrolysis) is 1. The molecule has 1 fully saturated rings. The molecule has 3 nitrogen and oxygen atoms in total. The van der Waals surface area contributed by atoms with Crippen LogP contribution in [0, 0.1) is 5.92 Å². The molecular formula is C14H13NO2. The van der Waals surface area contributed by atoms with E-state index in [1.165, 1.54) is 0 Å². The monoisotopic (exact) mass is 227 g/mol. The number of carbonyl (C=O) groups is 1. The minimum Gasteiger partial charge on any atom is -0.439 e. The van der Waals surface area contributed by atoms with Crippen molar-refractivity contribution in [3.63, 3.8) is 0 Å². The highest BCUT2D eigenvalue weighted by Gasteiger charge is 2.38. The molecule has 1 saturated heterocycles. The number of hydrogen-bond donors (Lipinski definition) is 1. The molecule has 17 heavy (non-hydrogen) atoms. The Morgan fingerprint density at radius 2 is 1.76 bits per heavy atom. The zero-order valence-electron chi connectivity index (χ0n) is 9.24. The fraction of sp³-hybridized carbons (Fsp3) is 0.214. The Kier molecular flexibility index (Phi) is 2.44. The molecule has 1 aromatic carbocycles. The van der Waals surface area contributed by atoms with E-state index in [1.54, 1.807) is 0 Å². The molecule has 0 bridgehead atoms. The smallest absolute Gasteiger partial charge is 0.408 e. The molecule has 1 aromatic rings. The number of benzene rings is 1. The maximum Gasteiger partial charge on any atom is 0.408 e. The SMILES string of the molecule is O=C1N[C@H](C2C=CC=C2)[C@@H](c2ccccc2)O1. The van der Waals surface area contributed by atoms with Crippen molar-refractivity contribution >= 4 is 6.09 Å². The minimum atomic E-state index is -0.336. The van der Waals surface area contributed by atoms with Gasteiger partial charge in [0.05, 0.1) is 6.04 Å². The Bertz CT molecular complexity index is 466. The molecule has 1 heterocycles. The molecule has 0 unspecified atom stereocenters. The molecule has 2 atom stereocenters. The zero-order chi connectivity index (χ0) is 11.7. The second-order valence-corrected chi connectivity index (χ2v) is 4.25. The van der Waals surface area contributed by atoms with E-state index in [4.69, 9.17) is 4.74 Å². The Morgan fingerprint density at radius 3 is 2.47 bits per heavy atom. The van der Waals surface area contributed by atoms with E-state index >= 15 is 0 Å². The van der Waals surface area contributed by atoms with Gasteiger partial charge >= 0.3 is 6.09 Å². The molecule has 3 rings (SSSR count). The molecular weight excluding hydrogens is 214 g/mol. The number of cyclic esters (lactones) is 1. The van der Waals surface area contributed by atoms with Crippen LogP contribution in [-0.2, 0) is 4.74 Å². The molecule has 1 aliphatic heterocycles. The second kappa shape index (κ2) is 4.09. The van der Waals surface area contributed by atoms with E-state index in [2.05, 4.69) is 17.5 Å². The van der Waals surface area contributed by atoms with Crippen molar-refractivity contribution in [2.24, 2.45) is 5.92 Å². The highest BCUT2D eigenvalue weighted by molar-refractivity contribution is 5.71. The van der Waals surface area contributed by atoms with Crippen molar-refractivity contribution in [1.82, 2.24) is 5.32 Å². The van der Waals surface area contributed by atoms with Crippen LogP contribution < -0.4 is 5.32 Å². The molecule has 86 valence electrons. The lowest BCUT2D eigenvalue weighted by Gasteiger charge is -2.20. The topological polar surface area (TPSA) is 38.3 Å². The van der Waals surface area contributed by atoms with Gasteiger partial charge < -0.3 is 10.1 Å². The molecule has 1 aliphatic carbocycles. The summed E-state index contributed by atoms with van der Waals surface area (Å²) in [4.78, 5) is 11.4. The molecule has 0 saturated carbocycles. The van der Waals surface area contributed by atoms with Crippen molar-refractivity contribution < 1.29 is 9.53 Å². The first-order valence-electron chi connectivity index (χ1n) is 5.72. The van der Waals surface area contributed by atoms with Crippen molar-refractivity contribution in [1.29, 1.82) is 0 Å². The summed E-state index contributed by atoms with van der Waals surface area (Å²) in [7, 11) is 0. The van der Waals surface area contributed by atoms with E-state index in [-0.39, 0.29) is 24.2 Å². The fourth-order valence-electron chi connectivity index (χ4n) is 2.34. The fourth-order valence-corrected chi connectivity index (χ4v) is 2.34. The summed E-state index contributed by atoms with van der Waals surface area (Å²) in [5.74, 6) is 0.214. The summed E-state index contributed by atoms with van der Waals surface area (Å²) in [6, 6.07) is 9.83. The molecule has 1 N–H and O–H groups in total. The maximum atomic E-state index is 11.4. The van der Waals surface area contributed by atoms with Gasteiger partial charge in [-0.05, 0) is 5.56 Å². The third-order valence-corrected chi connectivity index (χ3v) is 3.17. The molecule has 3 heteroatoms. The van der Waals surface area contributed by atoms with Gasteiger partial charge in [-0.25, -0.2) is 4.79 Å². The van der Waals surface area contributed by atoms with Gasteiger partial charge in [0, 0.05) is 5.92 Å². The lowest BCUT2D eigenvalue weighted by atomic mass is 9.93. The number of amides is 1. The van der Waals surface area contributed by atoms with Gasteiger partial charge in [-0.1, -0.05) is 54.6 Å². The summed E-state index contributed by atoms with van der Waals surface area (Å²) in [5, 5.41) is 2.88. The van der Waals surface area contributed by atoms with Crippen LogP contribution in [0.4, 0.5) is 4.79 Å². The van der Waals surface area contributed by atoms with E-state index < -0.39 is 0 Å². The summed E-state index contributed by atoms with van der Waals surface area (Å²) in [5.41, 5.74) is 1.03. The van der Waals surface area contributed by atoms with Crippen LogP contribution in [0.15, 0.2) is 54.6 Å². The predicted octanol–water partition coefficient (Wildman–Crippen LogP) is 2.58. The molecule has 2 aliphatic rings. The number of carbonyl (C=O) groups excluding carboxylic acids is 1. The highest BCUT2D eigenvalue weighted by Crippen LogP contribution is 2.32. The maximum absolute atomic E-state index is 11.4. The molecule has 0 spiro atoms. The van der Waals surface area contributed by atoms with Crippen molar-refractivity contribution in [2.45, 2.75) is 12.1 Å². The van der Waals surface area contributed by atoms with E-state index in [1.807, 2.05) is 42.5 Å². The first kappa shape index (κ1) is 10.1. The lowest BCUT2D eigenvalue weighted by Crippen LogP contribution is -2.33. The normalized spacial score (nSPS) is 27.2. The van der Waals surface area contributed by atoms with E-state index in [0.717, 1.165) is 5.56 Å². The van der Waals surface area contributed by atoms with Crippen molar-refractivity contribution in [3.8, 4) is 0 Å². The summed E-state index contributed by atoms with van der Waals surface area (Å²) in [6.07, 6.45) is 7.61. The van der Waals surface area contributed by atoms with Gasteiger partial charge in [-0.3, -0.25) is 0 Å². The Hall–Kier alpha value is -2.03. The summed E-state index contributed by atoms with van der Waals surface area (Å²) in [6.45, 7) is 0. The quantitative estimate of drug-likeness (QED) is 0.843. The summed E-state index contributed by atoms with van der Waals surface area (Å²) >= 11 is 0. The average molecular weight is 227 g/mol. The van der Waals surface area contributed by atoms with Gasteiger partial charge in [-0.2, -0.15) is 0 Å². The Labute approximate surface area is 99.8 Å². The van der Waals surface area contributed by atoms with E-state index in [0.29, 0.717) is 0 Å². The summed E-state index contributed by atoms with van der Waals surface area (Å²) < 4.78 is 5.35. The van der Waals surface area contributed by atoms with Gasteiger partial charge in [0.1, 0.15) is 6.10 Å². The van der Waals surface area contributed by atoms with Crippen LogP contribution >= 0.6 is 0 Å². The standard InChI is InChI=1S/C14H13NO2/c16-14-15-12(10-6-4-5-7-10)13(17-14)11-8-2-1-3-9-11/h1-10,12-13H,(H,15,16)/t12-,13-/m1/s1. The third kappa shape index (κ3) is 1.84. The first-order chi connectivity index (χ1) is 8.34. The number of hydrogen-bond acceptors (Lipinski definition) is 2. The van der Waals surface area contributed by atoms with Crippen LogP contribution in [0.5, 0.6) is 0 Å². The van der Waals surface area contributed by atoms with Crippen LogP contribution in [0.1, 0.15) is 11.7 Å². The first-order valence-corrected chi connectivity index (χ1v) is 5.72. The van der Waals surface area contributed by atoms with Crippen molar-refractivity contribution in [3.05, 3.63) is 60.2 Å². The number of allylic oxidation sites excluding steroid dienone is 2. The van der Waals surface area contributed by atoms with Gasteiger partial charge in [0.15, 0.2) is 0 Å². The Balaban J connectivity index is 1.89. The molecule has 0 aromatic heterocycles. The largest absolute Gasteiger partial charge is 0.439 e. The second-order valence-electron chi connectivity index (χ2n) is 4.25. The van der Waals surface area contributed by atoms with Gasteiger partial charge in [-0.15, -0.1) is 0 Å². The molecule has 1 amide bonds. The van der Waals surface area contributed by atoms with E-state index in [9.17, 15) is 4.79 Å². The van der Waals surface area contributed by atoms with Gasteiger partial charge in [0.25, 0.3) is 0 Å². The molecule has 0 radical (unpaired) electrons. The van der Waals surface area contributed by atoms with Crippen molar-refractivity contribution in [2.75, 3.05) is 0 Å². The number of rotatable bonds is 2. The number of nitrogens with one attached hydrogen (secondary N) is 1. The van der Waals surface area contributed by atoms with Crippen LogP contribution in [0.25, 0.3) is 0 Å². The highest BCUT2D eigenvalue weighted by atomic mass is 16.6. The lowest BCUT2D eigenvalue weighted by molar-refractivity contribution is 0.129. The van der Waals surface area contributed by atoms with Crippen LogP contribution in [0.2, 0.25) is 0 Å². The zero-order valence-corrected chi connectivity index (χ0v) is 9.24. The van der Waals surface area contributed by atoms with Crippen LogP contribution in [0.3, 0.4) is 0 Å². The Morgan fingerprint density at radius 1 is 1.06 bits per heavy atom. The third-order valence-electron chi connectivity index (χ3n) is 3.17. The number of ether oxygens (including phenoxy) is 1. The predicted molar refractivity (Wildman–Crippen MR) is 64.4 cm³/mol. The average Bonchev–Trinajstić information content (AvgIpc) is 2.98. The minimum absolute atomic E-state index is 0.0140. The van der Waals surface area contributed by atoms with Gasteiger partial charge in [0.2, 0.25) is 0 Å².